The second-order valence-electron chi connectivity index (χ2n) is 3.35. The van der Waals surface area contributed by atoms with Crippen molar-refractivity contribution in [1.29, 1.82) is 0 Å². The maximum absolute atomic E-state index is 11.2. The van der Waals surface area contributed by atoms with E-state index < -0.39 is 0 Å². The maximum atomic E-state index is 11.2. The van der Waals surface area contributed by atoms with E-state index in [1.807, 2.05) is 0 Å². The number of hydrogen-bond acceptors (Lipinski definition) is 6. The van der Waals surface area contributed by atoms with Gasteiger partial charge in [-0.25, -0.2) is 0 Å². The highest BCUT2D eigenvalue weighted by Gasteiger charge is 2.18. The average molecular weight is 244 g/mol. The van der Waals surface area contributed by atoms with Gasteiger partial charge in [-0.2, -0.15) is 0 Å². The highest BCUT2D eigenvalue weighted by molar-refractivity contribution is 8.00. The Kier molecular flexibility index (Phi) is 5.31. The van der Waals surface area contributed by atoms with Crippen LogP contribution in [0.25, 0.3) is 0 Å². The van der Waals surface area contributed by atoms with Crippen molar-refractivity contribution in [3.63, 3.8) is 0 Å². The van der Waals surface area contributed by atoms with Crippen LogP contribution >= 0.6 is 11.8 Å². The minimum Gasteiger partial charge on any atom is -0.468 e. The van der Waals surface area contributed by atoms with Crippen molar-refractivity contribution >= 4 is 17.7 Å². The normalized spacial score (nSPS) is 12.4. The first kappa shape index (κ1) is 13.0. The molecule has 1 heterocycles. The summed E-state index contributed by atoms with van der Waals surface area (Å²) in [6, 6.07) is 0. The largest absolute Gasteiger partial charge is 0.468 e. The number of esters is 1. The number of methoxy groups -OCH3 is 1. The van der Waals surface area contributed by atoms with E-state index in [1.54, 1.807) is 6.92 Å². The number of nitrogens with zero attached hydrogens (tertiary/aromatic N) is 2. The quantitative estimate of drug-likeness (QED) is 0.563. The molecule has 1 rings (SSSR count). The Labute approximate surface area is 99.0 Å². The number of ether oxygens (including phenoxy) is 1. The van der Waals surface area contributed by atoms with Gasteiger partial charge in [-0.15, -0.1) is 10.2 Å². The Morgan fingerprint density at radius 1 is 1.56 bits per heavy atom. The van der Waals surface area contributed by atoms with Gasteiger partial charge in [0.15, 0.2) is 0 Å². The van der Waals surface area contributed by atoms with Crippen LogP contribution in [0.3, 0.4) is 0 Å². The zero-order valence-electron chi connectivity index (χ0n) is 9.73. The molecule has 0 spiro atoms. The Morgan fingerprint density at radius 2 is 2.31 bits per heavy atom. The summed E-state index contributed by atoms with van der Waals surface area (Å²) < 4.78 is 9.99. The van der Waals surface area contributed by atoms with E-state index in [1.165, 1.54) is 18.9 Å². The van der Waals surface area contributed by atoms with Crippen LogP contribution in [-0.4, -0.2) is 28.5 Å². The molecule has 0 amide bonds. The van der Waals surface area contributed by atoms with Gasteiger partial charge in [0.2, 0.25) is 5.89 Å². The van der Waals surface area contributed by atoms with Gasteiger partial charge >= 0.3 is 5.97 Å². The molecule has 0 saturated carbocycles. The number of aromatic nitrogens is 2. The van der Waals surface area contributed by atoms with E-state index in [0.29, 0.717) is 11.1 Å². The summed E-state index contributed by atoms with van der Waals surface area (Å²) in [5.41, 5.74) is 0. The Hall–Kier alpha value is -1.04. The molecule has 0 aliphatic heterocycles. The lowest BCUT2D eigenvalue weighted by atomic mass is 10.2. The fraction of sp³-hybridized carbons (Fsp3) is 0.700. The van der Waals surface area contributed by atoms with E-state index in [2.05, 4.69) is 21.9 Å². The van der Waals surface area contributed by atoms with E-state index in [4.69, 9.17) is 4.42 Å². The molecule has 16 heavy (non-hydrogen) atoms. The maximum Gasteiger partial charge on any atom is 0.319 e. The van der Waals surface area contributed by atoms with Gasteiger partial charge in [-0.3, -0.25) is 4.79 Å². The smallest absolute Gasteiger partial charge is 0.319 e. The van der Waals surface area contributed by atoms with Gasteiger partial charge in [0.25, 0.3) is 5.22 Å². The van der Waals surface area contributed by atoms with E-state index >= 15 is 0 Å². The lowest BCUT2D eigenvalue weighted by Gasteiger charge is -2.04. The number of aryl methyl sites for hydroxylation is 1. The molecule has 1 atom stereocenters. The molecule has 1 aromatic heterocycles. The third-order valence-corrected chi connectivity index (χ3v) is 2.92. The van der Waals surface area contributed by atoms with Crippen molar-refractivity contribution in [2.45, 2.75) is 43.6 Å². The molecule has 0 aliphatic rings. The molecule has 5 nitrogen and oxygen atoms in total. The molecule has 1 unspecified atom stereocenters. The van der Waals surface area contributed by atoms with E-state index in [-0.39, 0.29) is 11.2 Å². The van der Waals surface area contributed by atoms with Crippen LogP contribution in [0.5, 0.6) is 0 Å². The number of hydrogen-bond donors (Lipinski definition) is 0. The summed E-state index contributed by atoms with van der Waals surface area (Å²) in [4.78, 5) is 11.2. The van der Waals surface area contributed by atoms with Crippen molar-refractivity contribution in [2.24, 2.45) is 0 Å². The van der Waals surface area contributed by atoms with Gasteiger partial charge in [-0.1, -0.05) is 25.1 Å². The molecular weight excluding hydrogens is 228 g/mol. The zero-order valence-corrected chi connectivity index (χ0v) is 10.5. The van der Waals surface area contributed by atoms with Crippen LogP contribution in [0.1, 0.15) is 32.6 Å². The monoisotopic (exact) mass is 244 g/mol. The molecule has 6 heteroatoms. The molecule has 0 bridgehead atoms. The second kappa shape index (κ2) is 6.52. The number of rotatable bonds is 6. The highest BCUT2D eigenvalue weighted by Crippen LogP contribution is 2.22. The van der Waals surface area contributed by atoms with Crippen LogP contribution in [0.2, 0.25) is 0 Å². The van der Waals surface area contributed by atoms with Crippen molar-refractivity contribution in [1.82, 2.24) is 10.2 Å². The number of thioether (sulfide) groups is 1. The molecule has 0 radical (unpaired) electrons. The average Bonchev–Trinajstić information content (AvgIpc) is 2.72. The lowest BCUT2D eigenvalue weighted by Crippen LogP contribution is -2.14. The molecule has 1 aromatic rings. The third kappa shape index (κ3) is 3.84. The second-order valence-corrected chi connectivity index (χ2v) is 4.64. The number of carbonyl (C=O) groups excluding carboxylic acids is 1. The van der Waals surface area contributed by atoms with Crippen LogP contribution in [0.15, 0.2) is 9.64 Å². The summed E-state index contributed by atoms with van der Waals surface area (Å²) in [6.45, 7) is 3.85. The van der Waals surface area contributed by atoms with Gasteiger partial charge in [0.05, 0.1) is 7.11 Å². The minimum atomic E-state index is -0.329. The highest BCUT2D eigenvalue weighted by atomic mass is 32.2. The van der Waals surface area contributed by atoms with Gasteiger partial charge < -0.3 is 9.15 Å². The molecule has 0 aliphatic carbocycles. The van der Waals surface area contributed by atoms with Crippen molar-refractivity contribution < 1.29 is 13.9 Å². The Balaban J connectivity index is 2.48. The fourth-order valence-electron chi connectivity index (χ4n) is 1.08. The number of unbranched alkanes of at least 4 members (excludes halogenated alkanes) is 1. The predicted octanol–water partition coefficient (Wildman–Crippen LogP) is 2.07. The van der Waals surface area contributed by atoms with Crippen LogP contribution in [0.4, 0.5) is 0 Å². The Morgan fingerprint density at radius 3 is 2.94 bits per heavy atom. The van der Waals surface area contributed by atoms with Crippen molar-refractivity contribution in [3.05, 3.63) is 5.89 Å². The first-order valence-corrected chi connectivity index (χ1v) is 6.12. The lowest BCUT2D eigenvalue weighted by molar-refractivity contribution is -0.139. The predicted molar refractivity (Wildman–Crippen MR) is 60.2 cm³/mol. The summed E-state index contributed by atoms with van der Waals surface area (Å²) >= 11 is 1.22. The van der Waals surface area contributed by atoms with Crippen LogP contribution < -0.4 is 0 Å². The van der Waals surface area contributed by atoms with Crippen molar-refractivity contribution in [2.75, 3.05) is 7.11 Å². The van der Waals surface area contributed by atoms with E-state index in [0.717, 1.165) is 19.3 Å². The number of carbonyl (C=O) groups is 1. The first-order valence-electron chi connectivity index (χ1n) is 5.24. The van der Waals surface area contributed by atoms with Crippen LogP contribution in [-0.2, 0) is 16.0 Å². The van der Waals surface area contributed by atoms with E-state index in [9.17, 15) is 4.79 Å². The third-order valence-electron chi connectivity index (χ3n) is 2.00. The summed E-state index contributed by atoms with van der Waals surface area (Å²) in [5, 5.41) is 7.86. The molecule has 0 aromatic carbocycles. The topological polar surface area (TPSA) is 65.2 Å². The molecule has 90 valence electrons. The molecule has 0 N–H and O–H groups in total. The van der Waals surface area contributed by atoms with Crippen molar-refractivity contribution in [3.8, 4) is 0 Å². The van der Waals surface area contributed by atoms with Gasteiger partial charge in [0, 0.05) is 6.42 Å². The standard InChI is InChI=1S/C10H16N2O3S/c1-4-5-6-8-11-12-10(15-8)16-7(2)9(13)14-3/h7H,4-6H2,1-3H3. The molecule has 0 fully saturated rings. The molecule has 0 saturated heterocycles. The molecular formula is C10H16N2O3S. The zero-order chi connectivity index (χ0) is 12.0. The Bertz CT molecular complexity index is 341. The van der Waals surface area contributed by atoms with Gasteiger partial charge in [-0.05, 0) is 13.3 Å². The summed E-state index contributed by atoms with van der Waals surface area (Å²) in [5.74, 6) is 0.333. The minimum absolute atomic E-state index is 0.293. The SMILES string of the molecule is CCCCc1nnc(SC(C)C(=O)OC)o1. The summed E-state index contributed by atoms with van der Waals surface area (Å²) in [6.07, 6.45) is 2.90. The van der Waals surface area contributed by atoms with Gasteiger partial charge in [0.1, 0.15) is 5.25 Å². The fourth-order valence-corrected chi connectivity index (χ4v) is 1.81. The summed E-state index contributed by atoms with van der Waals surface area (Å²) in [7, 11) is 1.36. The first-order chi connectivity index (χ1) is 7.67. The van der Waals surface area contributed by atoms with Crippen LogP contribution in [0, 0.1) is 0 Å².